The van der Waals surface area contributed by atoms with Crippen LogP contribution in [0.5, 0.6) is 0 Å². The molecule has 2 aliphatic heterocycles. The number of nitrogens with zero attached hydrogens (tertiary/aromatic N) is 3. The Hall–Kier alpha value is -3.16. The molecule has 1 aromatic rings. The summed E-state index contributed by atoms with van der Waals surface area (Å²) in [5, 5.41) is 0. The maximum atomic E-state index is 12.8. The zero-order valence-corrected chi connectivity index (χ0v) is 18.1. The van der Waals surface area contributed by atoms with Crippen molar-refractivity contribution in [1.82, 2.24) is 9.80 Å². The second-order valence-corrected chi connectivity index (χ2v) is 8.09. The Morgan fingerprint density at radius 1 is 1.06 bits per heavy atom. The van der Waals surface area contributed by atoms with Gasteiger partial charge in [0.15, 0.2) is 0 Å². The number of piperidine rings is 1. The van der Waals surface area contributed by atoms with Crippen LogP contribution in [0.2, 0.25) is 0 Å². The van der Waals surface area contributed by atoms with Crippen molar-refractivity contribution < 1.29 is 23.9 Å². The van der Waals surface area contributed by atoms with Crippen molar-refractivity contribution in [3.8, 4) is 0 Å². The number of esters is 1. The topological polar surface area (TPSA) is 87.2 Å². The Kier molecular flexibility index (Phi) is 7.09. The van der Waals surface area contributed by atoms with E-state index in [1.54, 1.807) is 4.90 Å². The molecule has 0 radical (unpaired) electrons. The van der Waals surface area contributed by atoms with E-state index in [0.717, 1.165) is 21.7 Å². The van der Waals surface area contributed by atoms with Gasteiger partial charge >= 0.3 is 5.97 Å². The molecule has 2 saturated heterocycles. The predicted octanol–water partition coefficient (Wildman–Crippen LogP) is 1.70. The summed E-state index contributed by atoms with van der Waals surface area (Å²) < 4.78 is 4.53. The molecular formula is C23H29N3O5. The van der Waals surface area contributed by atoms with Crippen molar-refractivity contribution in [2.45, 2.75) is 26.2 Å². The van der Waals surface area contributed by atoms with Crippen LogP contribution < -0.4 is 4.90 Å². The molecule has 2 aliphatic rings. The van der Waals surface area contributed by atoms with Crippen LogP contribution in [0, 0.1) is 5.92 Å². The van der Waals surface area contributed by atoms with E-state index in [4.69, 9.17) is 0 Å². The first kappa shape index (κ1) is 22.5. The Labute approximate surface area is 182 Å². The van der Waals surface area contributed by atoms with Crippen molar-refractivity contribution in [2.75, 3.05) is 44.7 Å². The molecule has 0 saturated carbocycles. The molecule has 166 valence electrons. The normalized spacial score (nSPS) is 17.7. The van der Waals surface area contributed by atoms with Crippen LogP contribution in [0.25, 0.3) is 5.57 Å². The van der Waals surface area contributed by atoms with Crippen molar-refractivity contribution >= 4 is 35.0 Å². The summed E-state index contributed by atoms with van der Waals surface area (Å²) in [5.74, 6) is -1.87. The molecule has 1 aromatic carbocycles. The molecule has 0 bridgehead atoms. The van der Waals surface area contributed by atoms with Gasteiger partial charge in [-0.25, -0.2) is 0 Å². The maximum Gasteiger partial charge on any atom is 0.325 e. The fourth-order valence-electron chi connectivity index (χ4n) is 4.12. The molecule has 8 heteroatoms. The zero-order valence-electron chi connectivity index (χ0n) is 18.1. The quantitative estimate of drug-likeness (QED) is 0.507. The summed E-state index contributed by atoms with van der Waals surface area (Å²) in [5.41, 5.74) is 3.23. The number of piperazine rings is 1. The van der Waals surface area contributed by atoms with Crippen LogP contribution in [0.15, 0.2) is 30.8 Å². The van der Waals surface area contributed by atoms with E-state index >= 15 is 0 Å². The average Bonchev–Trinajstić information content (AvgIpc) is 2.76. The number of hydrogen-bond donors (Lipinski definition) is 0. The number of para-hydroxylation sites is 1. The number of rotatable bonds is 6. The highest BCUT2D eigenvalue weighted by Gasteiger charge is 2.35. The number of likely N-dealkylation sites (tertiary alicyclic amines) is 1. The Bertz CT molecular complexity index is 871. The molecule has 0 N–H and O–H groups in total. The number of amides is 3. The minimum Gasteiger partial charge on any atom is -0.468 e. The van der Waals surface area contributed by atoms with Crippen LogP contribution in [-0.4, -0.2) is 73.3 Å². The van der Waals surface area contributed by atoms with E-state index in [2.05, 4.69) is 28.3 Å². The van der Waals surface area contributed by atoms with Gasteiger partial charge in [-0.1, -0.05) is 24.8 Å². The first-order valence-corrected chi connectivity index (χ1v) is 10.5. The number of hydrogen-bond acceptors (Lipinski definition) is 6. The van der Waals surface area contributed by atoms with Gasteiger partial charge in [0.2, 0.25) is 17.7 Å². The Morgan fingerprint density at radius 3 is 2.26 bits per heavy atom. The average molecular weight is 428 g/mol. The Morgan fingerprint density at radius 2 is 1.68 bits per heavy atom. The van der Waals surface area contributed by atoms with E-state index in [-0.39, 0.29) is 37.6 Å². The molecule has 2 heterocycles. The first-order valence-electron chi connectivity index (χ1n) is 10.5. The number of benzene rings is 1. The number of carbonyl (C=O) groups excluding carboxylic acids is 4. The summed E-state index contributed by atoms with van der Waals surface area (Å²) in [7, 11) is 1.21. The van der Waals surface area contributed by atoms with Gasteiger partial charge in [-0.05, 0) is 24.5 Å². The molecule has 3 rings (SSSR count). The lowest BCUT2D eigenvalue weighted by Crippen LogP contribution is -2.50. The molecular weight excluding hydrogens is 398 g/mol. The van der Waals surface area contributed by atoms with Gasteiger partial charge in [-0.2, -0.15) is 0 Å². The predicted molar refractivity (Wildman–Crippen MR) is 116 cm³/mol. The van der Waals surface area contributed by atoms with Gasteiger partial charge in [-0.15, -0.1) is 0 Å². The van der Waals surface area contributed by atoms with Crippen LogP contribution in [-0.2, 0) is 23.9 Å². The summed E-state index contributed by atoms with van der Waals surface area (Å²) in [6.45, 7) is 8.27. The van der Waals surface area contributed by atoms with Gasteiger partial charge in [0.1, 0.15) is 6.54 Å². The van der Waals surface area contributed by atoms with E-state index in [0.29, 0.717) is 26.2 Å². The highest BCUT2D eigenvalue weighted by Crippen LogP contribution is 2.28. The van der Waals surface area contributed by atoms with Crippen LogP contribution in [0.1, 0.15) is 31.7 Å². The summed E-state index contributed by atoms with van der Waals surface area (Å²) in [6, 6.07) is 8.11. The molecule has 0 atom stereocenters. The summed E-state index contributed by atoms with van der Waals surface area (Å²) in [6.07, 6.45) is 0.326. The minimum absolute atomic E-state index is 0.0418. The largest absolute Gasteiger partial charge is 0.468 e. The standard InChI is InChI=1S/C23H29N3O5/c1-16(2)18-6-4-5-7-19(18)24-8-10-25(11-9-24)20(27)12-17-13-21(28)26(22(29)14-17)15-23(30)31-3/h4-7,17H,1,8-15H2,2-3H3. The number of ether oxygens (including phenoxy) is 1. The fourth-order valence-corrected chi connectivity index (χ4v) is 4.12. The van der Waals surface area contributed by atoms with Gasteiger partial charge in [0.05, 0.1) is 7.11 Å². The van der Waals surface area contributed by atoms with E-state index in [1.165, 1.54) is 7.11 Å². The molecule has 3 amide bonds. The van der Waals surface area contributed by atoms with Gasteiger partial charge in [0.25, 0.3) is 0 Å². The van der Waals surface area contributed by atoms with Gasteiger partial charge < -0.3 is 14.5 Å². The second kappa shape index (κ2) is 9.76. The third-order valence-electron chi connectivity index (χ3n) is 5.84. The smallest absolute Gasteiger partial charge is 0.325 e. The minimum atomic E-state index is -0.637. The van der Waals surface area contributed by atoms with Crippen molar-refractivity contribution in [3.05, 3.63) is 36.4 Å². The first-order chi connectivity index (χ1) is 14.8. The number of carbonyl (C=O) groups is 4. The number of allylic oxidation sites excluding steroid dienone is 1. The number of methoxy groups -OCH3 is 1. The van der Waals surface area contributed by atoms with E-state index in [9.17, 15) is 19.2 Å². The lowest BCUT2D eigenvalue weighted by atomic mass is 9.91. The molecule has 0 spiro atoms. The van der Waals surface area contributed by atoms with Crippen LogP contribution in [0.3, 0.4) is 0 Å². The van der Waals surface area contributed by atoms with Gasteiger partial charge in [-0.3, -0.25) is 24.1 Å². The lowest BCUT2D eigenvalue weighted by Gasteiger charge is -2.38. The second-order valence-electron chi connectivity index (χ2n) is 8.09. The highest BCUT2D eigenvalue weighted by atomic mass is 16.5. The molecule has 0 aromatic heterocycles. The molecule has 8 nitrogen and oxygen atoms in total. The molecule has 0 aliphatic carbocycles. The maximum absolute atomic E-state index is 12.8. The van der Waals surface area contributed by atoms with Crippen LogP contribution >= 0.6 is 0 Å². The fraction of sp³-hybridized carbons (Fsp3) is 0.478. The van der Waals surface area contributed by atoms with E-state index in [1.807, 2.05) is 19.1 Å². The lowest BCUT2D eigenvalue weighted by molar-refractivity contribution is -0.158. The van der Waals surface area contributed by atoms with Crippen LogP contribution in [0.4, 0.5) is 5.69 Å². The third kappa shape index (κ3) is 5.31. The molecule has 0 unspecified atom stereocenters. The van der Waals surface area contributed by atoms with Crippen molar-refractivity contribution in [2.24, 2.45) is 5.92 Å². The van der Waals surface area contributed by atoms with Crippen molar-refractivity contribution in [3.63, 3.8) is 0 Å². The number of imide groups is 1. The summed E-state index contributed by atoms with van der Waals surface area (Å²) >= 11 is 0. The Balaban J connectivity index is 1.53. The monoisotopic (exact) mass is 427 g/mol. The SMILES string of the molecule is C=C(C)c1ccccc1N1CCN(C(=O)CC2CC(=O)N(CC(=O)OC)C(=O)C2)CC1. The molecule has 31 heavy (non-hydrogen) atoms. The molecule has 2 fully saturated rings. The van der Waals surface area contributed by atoms with E-state index < -0.39 is 17.8 Å². The highest BCUT2D eigenvalue weighted by molar-refractivity contribution is 6.00. The third-order valence-corrected chi connectivity index (χ3v) is 5.84. The zero-order chi connectivity index (χ0) is 22.5. The van der Waals surface area contributed by atoms with Gasteiger partial charge in [0, 0.05) is 56.7 Å². The van der Waals surface area contributed by atoms with Crippen molar-refractivity contribution in [1.29, 1.82) is 0 Å². The summed E-state index contributed by atoms with van der Waals surface area (Å²) in [4.78, 5) is 53.7. The number of anilines is 1.